The number of carbonyl (C=O) groups is 1. The van der Waals surface area contributed by atoms with Crippen molar-refractivity contribution in [3.63, 3.8) is 0 Å². The number of hydrogen-bond donors (Lipinski definition) is 0. The Hall–Kier alpha value is -1.42. The molecule has 0 N–H and O–H groups in total. The average Bonchev–Trinajstić information content (AvgIpc) is 3.40. The van der Waals surface area contributed by atoms with Crippen LogP contribution >= 0.6 is 0 Å². The number of nitrogens with zero attached hydrogens (tertiary/aromatic N) is 3. The third kappa shape index (κ3) is 3.86. The van der Waals surface area contributed by atoms with Crippen LogP contribution in [0, 0.1) is 0 Å². The Labute approximate surface area is 133 Å². The van der Waals surface area contributed by atoms with Gasteiger partial charge in [0.2, 0.25) is 5.91 Å². The van der Waals surface area contributed by atoms with Gasteiger partial charge in [0, 0.05) is 31.4 Å². The second kappa shape index (κ2) is 7.23. The van der Waals surface area contributed by atoms with E-state index in [1.807, 2.05) is 18.3 Å². The van der Waals surface area contributed by atoms with E-state index in [4.69, 9.17) is 0 Å². The van der Waals surface area contributed by atoms with Crippen molar-refractivity contribution in [2.24, 2.45) is 0 Å². The van der Waals surface area contributed by atoms with Crippen molar-refractivity contribution in [3.05, 3.63) is 30.1 Å². The molecule has 2 aliphatic rings. The molecule has 0 bridgehead atoms. The second-order valence-corrected chi connectivity index (χ2v) is 6.60. The fourth-order valence-corrected chi connectivity index (χ4v) is 3.47. The topological polar surface area (TPSA) is 36.4 Å². The number of rotatable bonds is 6. The molecule has 1 aromatic heterocycles. The molecule has 22 heavy (non-hydrogen) atoms. The SMILES string of the molecule is CCC1CCCCN1C(=O)CN(Cc1ccccn1)C1CC1. The van der Waals surface area contributed by atoms with Gasteiger partial charge in [-0.25, -0.2) is 0 Å². The molecule has 1 aromatic rings. The van der Waals surface area contributed by atoms with Gasteiger partial charge in [-0.05, 0) is 50.7 Å². The predicted molar refractivity (Wildman–Crippen MR) is 87.3 cm³/mol. The lowest BCUT2D eigenvalue weighted by Crippen LogP contribution is -2.48. The largest absolute Gasteiger partial charge is 0.339 e. The zero-order valence-corrected chi connectivity index (χ0v) is 13.6. The van der Waals surface area contributed by atoms with Crippen LogP contribution in [-0.2, 0) is 11.3 Å². The third-order valence-electron chi connectivity index (χ3n) is 4.91. The number of pyridine rings is 1. The predicted octanol–water partition coefficient (Wildman–Crippen LogP) is 2.84. The average molecular weight is 301 g/mol. The normalized spacial score (nSPS) is 22.1. The molecule has 1 amide bonds. The number of amides is 1. The van der Waals surface area contributed by atoms with Gasteiger partial charge >= 0.3 is 0 Å². The van der Waals surface area contributed by atoms with E-state index in [-0.39, 0.29) is 0 Å². The Morgan fingerprint density at radius 1 is 1.32 bits per heavy atom. The highest BCUT2D eigenvalue weighted by Gasteiger charge is 2.33. The summed E-state index contributed by atoms with van der Waals surface area (Å²) in [5.74, 6) is 0.314. The van der Waals surface area contributed by atoms with Gasteiger partial charge in [0.15, 0.2) is 0 Å². The molecule has 0 aromatic carbocycles. The number of carbonyl (C=O) groups excluding carboxylic acids is 1. The standard InChI is InChI=1S/C18H27N3O/c1-2-16-8-4-6-12-21(16)18(22)14-20(17-9-10-17)13-15-7-3-5-11-19-15/h3,5,7,11,16-17H,2,4,6,8-10,12-14H2,1H3. The van der Waals surface area contributed by atoms with Crippen molar-refractivity contribution in [1.29, 1.82) is 0 Å². The lowest BCUT2D eigenvalue weighted by atomic mass is 10.00. The van der Waals surface area contributed by atoms with E-state index in [0.717, 1.165) is 31.6 Å². The van der Waals surface area contributed by atoms with Crippen LogP contribution in [0.3, 0.4) is 0 Å². The summed E-state index contributed by atoms with van der Waals surface area (Å²) in [5, 5.41) is 0. The van der Waals surface area contributed by atoms with Gasteiger partial charge in [0.25, 0.3) is 0 Å². The Balaban J connectivity index is 1.62. The Morgan fingerprint density at radius 2 is 2.18 bits per heavy atom. The molecule has 0 radical (unpaired) electrons. The van der Waals surface area contributed by atoms with E-state index in [2.05, 4.69) is 27.8 Å². The van der Waals surface area contributed by atoms with Crippen LogP contribution in [0.15, 0.2) is 24.4 Å². The van der Waals surface area contributed by atoms with Crippen LogP contribution in [0.5, 0.6) is 0 Å². The van der Waals surface area contributed by atoms with Crippen molar-refractivity contribution < 1.29 is 4.79 Å². The molecule has 0 spiro atoms. The summed E-state index contributed by atoms with van der Waals surface area (Å²) in [6, 6.07) is 7.05. The minimum atomic E-state index is 0.314. The summed E-state index contributed by atoms with van der Waals surface area (Å²) in [5.41, 5.74) is 1.06. The summed E-state index contributed by atoms with van der Waals surface area (Å²) < 4.78 is 0. The van der Waals surface area contributed by atoms with Crippen LogP contribution in [0.25, 0.3) is 0 Å². The Kier molecular flexibility index (Phi) is 5.08. The van der Waals surface area contributed by atoms with Gasteiger partial charge in [-0.2, -0.15) is 0 Å². The highest BCUT2D eigenvalue weighted by molar-refractivity contribution is 5.78. The van der Waals surface area contributed by atoms with Gasteiger partial charge in [-0.15, -0.1) is 0 Å². The Bertz CT molecular complexity index is 486. The summed E-state index contributed by atoms with van der Waals surface area (Å²) in [4.78, 5) is 21.6. The summed E-state index contributed by atoms with van der Waals surface area (Å²) in [6.07, 6.45) is 8.95. The molecule has 4 heteroatoms. The van der Waals surface area contributed by atoms with E-state index in [1.165, 1.54) is 25.7 Å². The van der Waals surface area contributed by atoms with E-state index in [0.29, 0.717) is 24.5 Å². The van der Waals surface area contributed by atoms with Crippen LogP contribution in [-0.4, -0.2) is 45.9 Å². The molecule has 1 atom stereocenters. The number of likely N-dealkylation sites (tertiary alicyclic amines) is 1. The van der Waals surface area contributed by atoms with E-state index < -0.39 is 0 Å². The van der Waals surface area contributed by atoms with Crippen molar-refractivity contribution in [3.8, 4) is 0 Å². The van der Waals surface area contributed by atoms with Crippen molar-refractivity contribution in [1.82, 2.24) is 14.8 Å². The highest BCUT2D eigenvalue weighted by Crippen LogP contribution is 2.28. The maximum Gasteiger partial charge on any atom is 0.237 e. The zero-order valence-electron chi connectivity index (χ0n) is 13.6. The summed E-state index contributed by atoms with van der Waals surface area (Å²) in [6.45, 7) is 4.49. The van der Waals surface area contributed by atoms with Crippen molar-refractivity contribution in [2.45, 2.75) is 64.1 Å². The molecular weight excluding hydrogens is 274 g/mol. The minimum Gasteiger partial charge on any atom is -0.339 e. The first-order valence-corrected chi connectivity index (χ1v) is 8.71. The fraction of sp³-hybridized carbons (Fsp3) is 0.667. The van der Waals surface area contributed by atoms with Gasteiger partial charge in [-0.3, -0.25) is 14.7 Å². The van der Waals surface area contributed by atoms with E-state index >= 15 is 0 Å². The molecule has 1 aliphatic carbocycles. The number of piperidine rings is 1. The maximum atomic E-state index is 12.8. The van der Waals surface area contributed by atoms with Crippen LogP contribution in [0.2, 0.25) is 0 Å². The summed E-state index contributed by atoms with van der Waals surface area (Å²) >= 11 is 0. The molecular formula is C18H27N3O. The molecule has 1 unspecified atom stereocenters. The van der Waals surface area contributed by atoms with Crippen LogP contribution in [0.1, 0.15) is 51.1 Å². The monoisotopic (exact) mass is 301 g/mol. The highest BCUT2D eigenvalue weighted by atomic mass is 16.2. The molecule has 1 saturated carbocycles. The lowest BCUT2D eigenvalue weighted by molar-refractivity contribution is -0.136. The first-order valence-electron chi connectivity index (χ1n) is 8.71. The zero-order chi connectivity index (χ0) is 15.4. The fourth-order valence-electron chi connectivity index (χ4n) is 3.47. The van der Waals surface area contributed by atoms with Crippen molar-refractivity contribution >= 4 is 5.91 Å². The lowest BCUT2D eigenvalue weighted by Gasteiger charge is -2.36. The summed E-state index contributed by atoms with van der Waals surface area (Å²) in [7, 11) is 0. The van der Waals surface area contributed by atoms with Crippen LogP contribution in [0.4, 0.5) is 0 Å². The third-order valence-corrected chi connectivity index (χ3v) is 4.91. The molecule has 1 saturated heterocycles. The van der Waals surface area contributed by atoms with Gasteiger partial charge in [0.05, 0.1) is 12.2 Å². The van der Waals surface area contributed by atoms with E-state index in [1.54, 1.807) is 0 Å². The molecule has 3 rings (SSSR count). The van der Waals surface area contributed by atoms with Gasteiger partial charge in [0.1, 0.15) is 0 Å². The Morgan fingerprint density at radius 3 is 2.86 bits per heavy atom. The van der Waals surface area contributed by atoms with Crippen LogP contribution < -0.4 is 0 Å². The first-order chi connectivity index (χ1) is 10.8. The van der Waals surface area contributed by atoms with Crippen molar-refractivity contribution in [2.75, 3.05) is 13.1 Å². The number of hydrogen-bond acceptors (Lipinski definition) is 3. The molecule has 4 nitrogen and oxygen atoms in total. The molecule has 120 valence electrons. The quantitative estimate of drug-likeness (QED) is 0.810. The molecule has 1 aliphatic heterocycles. The first kappa shape index (κ1) is 15.5. The molecule has 2 fully saturated rings. The van der Waals surface area contributed by atoms with Gasteiger partial charge in [-0.1, -0.05) is 13.0 Å². The van der Waals surface area contributed by atoms with E-state index in [9.17, 15) is 4.79 Å². The van der Waals surface area contributed by atoms with Gasteiger partial charge < -0.3 is 4.90 Å². The smallest absolute Gasteiger partial charge is 0.237 e. The number of aromatic nitrogens is 1. The maximum absolute atomic E-state index is 12.8. The molecule has 2 heterocycles. The second-order valence-electron chi connectivity index (χ2n) is 6.60. The minimum absolute atomic E-state index is 0.314.